The van der Waals surface area contributed by atoms with E-state index >= 15 is 0 Å². The smallest absolute Gasteiger partial charge is 0.0462 e. The normalized spacial score (nSPS) is 53.8. The Morgan fingerprint density at radius 1 is 1.08 bits per heavy atom. The van der Waals surface area contributed by atoms with Crippen LogP contribution in [0.25, 0.3) is 0 Å². The van der Waals surface area contributed by atoms with Gasteiger partial charge in [0.25, 0.3) is 0 Å². The van der Waals surface area contributed by atoms with Gasteiger partial charge in [0.2, 0.25) is 0 Å². The van der Waals surface area contributed by atoms with Gasteiger partial charge in [-0.15, -0.1) is 0 Å². The molecule has 0 spiro atoms. The van der Waals surface area contributed by atoms with E-state index < -0.39 is 0 Å². The maximum atomic E-state index is 9.31. The van der Waals surface area contributed by atoms with Crippen LogP contribution in [0.3, 0.4) is 0 Å². The van der Waals surface area contributed by atoms with E-state index in [0.29, 0.717) is 12.5 Å². The minimum atomic E-state index is 0.435. The molecule has 4 aliphatic rings. The number of fused-ring (bicyclic) bond motifs is 2. The summed E-state index contributed by atoms with van der Waals surface area (Å²) < 4.78 is 0. The van der Waals surface area contributed by atoms with Crippen LogP contribution in [-0.2, 0) is 0 Å². The van der Waals surface area contributed by atoms with Crippen LogP contribution in [0.15, 0.2) is 0 Å². The summed E-state index contributed by atoms with van der Waals surface area (Å²) in [6, 6.07) is 0. The minimum Gasteiger partial charge on any atom is -0.396 e. The van der Waals surface area contributed by atoms with E-state index in [9.17, 15) is 5.11 Å². The Balaban J connectivity index is 1.85. The highest BCUT2D eigenvalue weighted by atomic mass is 16.3. The molecule has 3 saturated carbocycles. The van der Waals surface area contributed by atoms with E-state index in [4.69, 9.17) is 0 Å². The molecule has 0 unspecified atom stereocenters. The van der Waals surface area contributed by atoms with Crippen molar-refractivity contribution in [3.05, 3.63) is 0 Å². The summed E-state index contributed by atoms with van der Waals surface area (Å²) in [5.41, 5.74) is 0. The first-order chi connectivity index (χ1) is 6.40. The summed E-state index contributed by atoms with van der Waals surface area (Å²) >= 11 is 0. The SMILES string of the molecule is OC[C@@H]1C[C@H]2CC[C@H]1[C@@H]1CNC[C@@H]21. The summed E-state index contributed by atoms with van der Waals surface area (Å²) in [5.74, 6) is 4.28. The highest BCUT2D eigenvalue weighted by molar-refractivity contribution is 5.00. The van der Waals surface area contributed by atoms with Crippen molar-refractivity contribution >= 4 is 0 Å². The molecule has 1 heterocycles. The molecule has 2 bridgehead atoms. The average molecular weight is 181 g/mol. The molecule has 0 aromatic heterocycles. The molecule has 3 aliphatic carbocycles. The van der Waals surface area contributed by atoms with Gasteiger partial charge in [-0.2, -0.15) is 0 Å². The van der Waals surface area contributed by atoms with Crippen LogP contribution in [-0.4, -0.2) is 24.8 Å². The van der Waals surface area contributed by atoms with E-state index in [1.807, 2.05) is 0 Å². The lowest BCUT2D eigenvalue weighted by Crippen LogP contribution is -2.45. The molecule has 4 fully saturated rings. The third-order valence-corrected chi connectivity index (χ3v) is 4.78. The predicted octanol–water partition coefficient (Wildman–Crippen LogP) is 0.860. The van der Waals surface area contributed by atoms with Gasteiger partial charge < -0.3 is 10.4 Å². The fraction of sp³-hybridized carbons (Fsp3) is 1.00. The van der Waals surface area contributed by atoms with Gasteiger partial charge in [-0.1, -0.05) is 0 Å². The molecule has 0 aromatic rings. The molecule has 1 aliphatic heterocycles. The van der Waals surface area contributed by atoms with Crippen molar-refractivity contribution in [2.24, 2.45) is 29.6 Å². The van der Waals surface area contributed by atoms with Crippen LogP contribution in [0.1, 0.15) is 19.3 Å². The van der Waals surface area contributed by atoms with Gasteiger partial charge in [0.05, 0.1) is 0 Å². The molecular formula is C11H19NO. The van der Waals surface area contributed by atoms with Gasteiger partial charge in [0.15, 0.2) is 0 Å². The Morgan fingerprint density at radius 2 is 1.92 bits per heavy atom. The van der Waals surface area contributed by atoms with Crippen molar-refractivity contribution < 1.29 is 5.11 Å². The lowest BCUT2D eigenvalue weighted by atomic mass is 9.56. The molecular weight excluding hydrogens is 162 g/mol. The third kappa shape index (κ3) is 1.08. The highest BCUT2D eigenvalue weighted by Crippen LogP contribution is 2.52. The Kier molecular flexibility index (Phi) is 1.88. The predicted molar refractivity (Wildman–Crippen MR) is 51.3 cm³/mol. The van der Waals surface area contributed by atoms with Gasteiger partial charge in [-0.3, -0.25) is 0 Å². The number of aliphatic hydroxyl groups is 1. The number of rotatable bonds is 1. The van der Waals surface area contributed by atoms with E-state index in [2.05, 4.69) is 5.32 Å². The third-order valence-electron chi connectivity index (χ3n) is 4.78. The van der Waals surface area contributed by atoms with E-state index in [0.717, 1.165) is 23.7 Å². The van der Waals surface area contributed by atoms with Gasteiger partial charge in [0.1, 0.15) is 0 Å². The molecule has 0 radical (unpaired) electrons. The Morgan fingerprint density at radius 3 is 2.77 bits per heavy atom. The lowest BCUT2D eigenvalue weighted by molar-refractivity contribution is -0.0205. The molecule has 1 saturated heterocycles. The van der Waals surface area contributed by atoms with Crippen LogP contribution in [0.2, 0.25) is 0 Å². The largest absolute Gasteiger partial charge is 0.396 e. The molecule has 2 N–H and O–H groups in total. The van der Waals surface area contributed by atoms with Crippen molar-refractivity contribution in [2.45, 2.75) is 19.3 Å². The van der Waals surface area contributed by atoms with Crippen LogP contribution < -0.4 is 5.32 Å². The first-order valence-corrected chi connectivity index (χ1v) is 5.71. The van der Waals surface area contributed by atoms with Crippen molar-refractivity contribution in [3.8, 4) is 0 Å². The van der Waals surface area contributed by atoms with Crippen LogP contribution in [0.5, 0.6) is 0 Å². The number of hydrogen-bond donors (Lipinski definition) is 2. The molecule has 74 valence electrons. The van der Waals surface area contributed by atoms with Gasteiger partial charge >= 0.3 is 0 Å². The maximum absolute atomic E-state index is 9.31. The summed E-state index contributed by atoms with van der Waals surface area (Å²) in [6.07, 6.45) is 4.13. The fourth-order valence-corrected chi connectivity index (χ4v) is 4.19. The molecule has 4 rings (SSSR count). The quantitative estimate of drug-likeness (QED) is 0.629. The Bertz CT molecular complexity index is 206. The number of hydrogen-bond acceptors (Lipinski definition) is 2. The molecule has 2 heteroatoms. The van der Waals surface area contributed by atoms with Crippen LogP contribution >= 0.6 is 0 Å². The zero-order valence-electron chi connectivity index (χ0n) is 8.08. The summed E-state index contributed by atoms with van der Waals surface area (Å²) in [6.45, 7) is 2.91. The first kappa shape index (κ1) is 8.25. The average Bonchev–Trinajstić information content (AvgIpc) is 2.68. The Hall–Kier alpha value is -0.0800. The van der Waals surface area contributed by atoms with Gasteiger partial charge in [-0.25, -0.2) is 0 Å². The van der Waals surface area contributed by atoms with Gasteiger partial charge in [0, 0.05) is 6.61 Å². The second-order valence-corrected chi connectivity index (χ2v) is 5.17. The Labute approximate surface area is 79.7 Å². The van der Waals surface area contributed by atoms with E-state index in [1.54, 1.807) is 0 Å². The summed E-state index contributed by atoms with van der Waals surface area (Å²) in [7, 11) is 0. The van der Waals surface area contributed by atoms with Crippen molar-refractivity contribution in [3.63, 3.8) is 0 Å². The van der Waals surface area contributed by atoms with Crippen LogP contribution in [0, 0.1) is 29.6 Å². The lowest BCUT2D eigenvalue weighted by Gasteiger charge is -2.49. The standard InChI is InChI=1S/C11H19NO/c13-6-8-3-7-1-2-9(8)11-5-12-4-10(7)11/h7-13H,1-6H2/t7-,8+,9-,10+,11+/m1/s1. The van der Waals surface area contributed by atoms with Crippen molar-refractivity contribution in [2.75, 3.05) is 19.7 Å². The number of aliphatic hydroxyl groups excluding tert-OH is 1. The molecule has 0 aromatic carbocycles. The van der Waals surface area contributed by atoms with Crippen LogP contribution in [0.4, 0.5) is 0 Å². The van der Waals surface area contributed by atoms with E-state index in [1.165, 1.54) is 32.4 Å². The van der Waals surface area contributed by atoms with E-state index in [-0.39, 0.29) is 0 Å². The topological polar surface area (TPSA) is 32.3 Å². The fourth-order valence-electron chi connectivity index (χ4n) is 4.19. The van der Waals surface area contributed by atoms with Crippen molar-refractivity contribution in [1.29, 1.82) is 0 Å². The second kappa shape index (κ2) is 2.96. The highest BCUT2D eigenvalue weighted by Gasteiger charge is 2.49. The van der Waals surface area contributed by atoms with Gasteiger partial charge in [-0.05, 0) is 61.9 Å². The zero-order valence-corrected chi connectivity index (χ0v) is 8.08. The molecule has 2 nitrogen and oxygen atoms in total. The molecule has 5 atom stereocenters. The summed E-state index contributed by atoms with van der Waals surface area (Å²) in [5, 5.41) is 12.8. The van der Waals surface area contributed by atoms with Crippen molar-refractivity contribution in [1.82, 2.24) is 5.32 Å². The second-order valence-electron chi connectivity index (χ2n) is 5.17. The number of nitrogens with one attached hydrogen (secondary N) is 1. The maximum Gasteiger partial charge on any atom is 0.0462 e. The molecule has 13 heavy (non-hydrogen) atoms. The zero-order chi connectivity index (χ0) is 8.84. The first-order valence-electron chi connectivity index (χ1n) is 5.71. The monoisotopic (exact) mass is 181 g/mol. The minimum absolute atomic E-state index is 0.435. The summed E-state index contributed by atoms with van der Waals surface area (Å²) in [4.78, 5) is 0. The molecule has 0 amide bonds.